The van der Waals surface area contributed by atoms with Gasteiger partial charge in [0.25, 0.3) is 0 Å². The highest BCUT2D eigenvalue weighted by Gasteiger charge is 2.28. The number of rotatable bonds is 8. The minimum absolute atomic E-state index is 0.0305. The molecule has 9 heteroatoms. The number of fused-ring (bicyclic) bond motifs is 1. The van der Waals surface area contributed by atoms with Crippen molar-refractivity contribution in [1.82, 2.24) is 10.6 Å². The normalized spacial score (nSPS) is 18.4. The van der Waals surface area contributed by atoms with Crippen LogP contribution < -0.4 is 15.4 Å². The van der Waals surface area contributed by atoms with Crippen LogP contribution in [0.15, 0.2) is 42.5 Å². The van der Waals surface area contributed by atoms with E-state index in [0.29, 0.717) is 12.0 Å². The Morgan fingerprint density at radius 2 is 1.97 bits per heavy atom. The predicted octanol–water partition coefficient (Wildman–Crippen LogP) is 2.00. The van der Waals surface area contributed by atoms with Gasteiger partial charge in [0.05, 0.1) is 23.9 Å². The molecule has 0 radical (unpaired) electrons. The average molecular weight is 447 g/mol. The Bertz CT molecular complexity index is 930. The number of benzene rings is 2. The highest BCUT2D eigenvalue weighted by molar-refractivity contribution is 8.00. The molecule has 1 fully saturated rings. The van der Waals surface area contributed by atoms with E-state index >= 15 is 0 Å². The number of aliphatic carboxylic acids is 1. The van der Waals surface area contributed by atoms with Gasteiger partial charge in [0, 0.05) is 11.1 Å². The second kappa shape index (κ2) is 12.1. The number of Topliss-reactive ketones (excluding diaryl/α,β-unsaturated/α-hetero) is 1. The van der Waals surface area contributed by atoms with E-state index in [2.05, 4.69) is 10.6 Å². The number of carbonyl (C=O) groups excluding carboxylic acids is 3. The number of ether oxygens (including phenoxy) is 1. The third-order valence-corrected chi connectivity index (χ3v) is 5.49. The van der Waals surface area contributed by atoms with Gasteiger partial charge in [0.2, 0.25) is 5.91 Å². The van der Waals surface area contributed by atoms with Crippen molar-refractivity contribution in [3.63, 3.8) is 0 Å². The number of aldehydes is 1. The molecule has 3 rings (SSSR count). The molecule has 3 N–H and O–H groups in total. The molecule has 0 aromatic heterocycles. The molecule has 1 aliphatic rings. The van der Waals surface area contributed by atoms with Crippen LogP contribution in [0.4, 0.5) is 0 Å². The summed E-state index contributed by atoms with van der Waals surface area (Å²) in [5.41, 5.74) is 0. The molecular weight excluding hydrogens is 420 g/mol. The Labute approximate surface area is 184 Å². The second-order valence-corrected chi connectivity index (χ2v) is 8.39. The maximum Gasteiger partial charge on any atom is 0.305 e. The average Bonchev–Trinajstić information content (AvgIpc) is 3.18. The van der Waals surface area contributed by atoms with Crippen molar-refractivity contribution < 1.29 is 29.0 Å². The Morgan fingerprint density at radius 3 is 2.58 bits per heavy atom. The number of carbonyl (C=O) groups is 4. The highest BCUT2D eigenvalue weighted by Crippen LogP contribution is 2.24. The molecule has 166 valence electrons. The summed E-state index contributed by atoms with van der Waals surface area (Å²) in [6.45, 7) is 3.59. The number of ketones is 1. The second-order valence-electron chi connectivity index (χ2n) is 7.01. The third kappa shape index (κ3) is 8.03. The van der Waals surface area contributed by atoms with Gasteiger partial charge in [-0.3, -0.25) is 19.7 Å². The van der Waals surface area contributed by atoms with Crippen LogP contribution in [0.2, 0.25) is 0 Å². The minimum Gasteiger partial charge on any atom is -0.485 e. The lowest BCUT2D eigenvalue weighted by molar-refractivity contribution is -0.139. The number of hydrogen-bond donors (Lipinski definition) is 3. The van der Waals surface area contributed by atoms with Gasteiger partial charge in [-0.05, 0) is 25.3 Å². The van der Waals surface area contributed by atoms with E-state index in [4.69, 9.17) is 9.84 Å². The zero-order valence-electron chi connectivity index (χ0n) is 17.4. The van der Waals surface area contributed by atoms with Gasteiger partial charge in [-0.1, -0.05) is 36.4 Å². The quantitative estimate of drug-likeness (QED) is 0.527. The van der Waals surface area contributed by atoms with Gasteiger partial charge in [0.1, 0.15) is 18.6 Å². The first-order chi connectivity index (χ1) is 14.8. The Morgan fingerprint density at radius 1 is 1.26 bits per heavy atom. The van der Waals surface area contributed by atoms with E-state index in [0.717, 1.165) is 16.5 Å². The van der Waals surface area contributed by atoms with Crippen LogP contribution in [0.3, 0.4) is 0 Å². The Hall–Kier alpha value is -2.91. The van der Waals surface area contributed by atoms with Gasteiger partial charge in [0.15, 0.2) is 5.78 Å². The molecule has 0 spiro atoms. The molecular formula is C22H26N2O6S. The van der Waals surface area contributed by atoms with Crippen LogP contribution in [-0.2, 0) is 19.2 Å². The Balaban J connectivity index is 0.000000220. The zero-order chi connectivity index (χ0) is 22.8. The number of amides is 1. The number of hydrogen-bond acceptors (Lipinski definition) is 7. The fourth-order valence-corrected chi connectivity index (χ4v) is 3.87. The minimum atomic E-state index is -1.11. The molecule has 1 saturated heterocycles. The first-order valence-corrected chi connectivity index (χ1v) is 10.8. The summed E-state index contributed by atoms with van der Waals surface area (Å²) >= 11 is 1.61. The largest absolute Gasteiger partial charge is 0.485 e. The summed E-state index contributed by atoms with van der Waals surface area (Å²) in [6, 6.07) is 12.5. The summed E-state index contributed by atoms with van der Waals surface area (Å²) in [5.74, 6) is -0.00740. The lowest BCUT2D eigenvalue weighted by Crippen LogP contribution is -2.48. The first kappa shape index (κ1) is 24.4. The van der Waals surface area contributed by atoms with E-state index in [1.807, 2.05) is 49.4 Å². The van der Waals surface area contributed by atoms with Crippen molar-refractivity contribution in [3.05, 3.63) is 42.5 Å². The van der Waals surface area contributed by atoms with Crippen LogP contribution >= 0.6 is 11.8 Å². The van der Waals surface area contributed by atoms with Gasteiger partial charge in [-0.15, -0.1) is 11.8 Å². The smallest absolute Gasteiger partial charge is 0.305 e. The van der Waals surface area contributed by atoms with Crippen molar-refractivity contribution >= 4 is 46.5 Å². The molecule has 0 bridgehead atoms. The number of thioether (sulfide) groups is 1. The summed E-state index contributed by atoms with van der Waals surface area (Å²) in [5, 5.41) is 16.3. The molecule has 1 aliphatic heterocycles. The van der Waals surface area contributed by atoms with Crippen molar-refractivity contribution in [1.29, 1.82) is 0 Å². The van der Waals surface area contributed by atoms with Gasteiger partial charge in [-0.2, -0.15) is 0 Å². The fourth-order valence-electron chi connectivity index (χ4n) is 2.88. The summed E-state index contributed by atoms with van der Waals surface area (Å²) < 4.78 is 5.43. The fraction of sp³-hybridized carbons (Fsp3) is 0.364. The standard InChI is InChI=1S/C13H12O2.C9H14N2O4S/c1-10(14)9-15-13-8-4-6-11-5-2-3-7-12(11)13;1-5-10-7(4-16-5)9(15)11-6(3-12)2-8(13)14/h2-8H,9H2,1H3;3,5-7,10H,2,4H2,1H3,(H,11,15)(H,13,14)/t;5?,6-,7-/m.0/s1. The molecule has 1 heterocycles. The molecule has 1 unspecified atom stereocenters. The van der Waals surface area contributed by atoms with Crippen molar-refractivity contribution in [2.75, 3.05) is 12.4 Å². The summed E-state index contributed by atoms with van der Waals surface area (Å²) in [7, 11) is 0. The SMILES string of the molecule is CC(=O)COc1cccc2ccccc12.CC1N[C@H](C(=O)N[C@H](C=O)CC(=O)O)CS1. The van der Waals surface area contributed by atoms with Crippen LogP contribution in [0.5, 0.6) is 5.75 Å². The summed E-state index contributed by atoms with van der Waals surface area (Å²) in [6.07, 6.45) is 0.0577. The lowest BCUT2D eigenvalue weighted by atomic mass is 10.1. The van der Waals surface area contributed by atoms with E-state index in [-0.39, 0.29) is 36.1 Å². The number of nitrogens with one attached hydrogen (secondary N) is 2. The maximum absolute atomic E-state index is 11.6. The maximum atomic E-state index is 11.6. The molecule has 2 aromatic carbocycles. The lowest BCUT2D eigenvalue weighted by Gasteiger charge is -2.14. The monoisotopic (exact) mass is 446 g/mol. The number of carboxylic acids is 1. The topological polar surface area (TPSA) is 122 Å². The van der Waals surface area contributed by atoms with E-state index < -0.39 is 12.0 Å². The molecule has 0 aliphatic carbocycles. The highest BCUT2D eigenvalue weighted by atomic mass is 32.2. The molecule has 8 nitrogen and oxygen atoms in total. The van der Waals surface area contributed by atoms with Crippen LogP contribution in [0.1, 0.15) is 20.3 Å². The van der Waals surface area contributed by atoms with Crippen molar-refractivity contribution in [3.8, 4) is 5.75 Å². The van der Waals surface area contributed by atoms with Crippen LogP contribution in [0, 0.1) is 0 Å². The molecule has 2 aromatic rings. The van der Waals surface area contributed by atoms with E-state index in [1.165, 1.54) is 6.92 Å². The van der Waals surface area contributed by atoms with Crippen LogP contribution in [0.25, 0.3) is 10.8 Å². The molecule has 1 amide bonds. The van der Waals surface area contributed by atoms with Crippen molar-refractivity contribution in [2.45, 2.75) is 37.7 Å². The van der Waals surface area contributed by atoms with Crippen LogP contribution in [-0.4, -0.2) is 58.9 Å². The zero-order valence-corrected chi connectivity index (χ0v) is 18.2. The third-order valence-electron chi connectivity index (χ3n) is 4.33. The molecule has 31 heavy (non-hydrogen) atoms. The Kier molecular flexibility index (Phi) is 9.48. The molecule has 3 atom stereocenters. The van der Waals surface area contributed by atoms with E-state index in [9.17, 15) is 19.2 Å². The van der Waals surface area contributed by atoms with E-state index in [1.54, 1.807) is 11.8 Å². The first-order valence-electron chi connectivity index (χ1n) is 9.75. The summed E-state index contributed by atoms with van der Waals surface area (Å²) in [4.78, 5) is 43.4. The number of carboxylic acid groups (broad SMARTS) is 1. The van der Waals surface area contributed by atoms with Gasteiger partial charge >= 0.3 is 5.97 Å². The van der Waals surface area contributed by atoms with Gasteiger partial charge < -0.3 is 20.0 Å². The van der Waals surface area contributed by atoms with Crippen molar-refractivity contribution in [2.24, 2.45) is 0 Å². The van der Waals surface area contributed by atoms with Gasteiger partial charge in [-0.25, -0.2) is 0 Å². The molecule has 0 saturated carbocycles. The predicted molar refractivity (Wildman–Crippen MR) is 119 cm³/mol.